The molecule has 4 rings (SSSR count). The van der Waals surface area contributed by atoms with Crippen LogP contribution in [0.4, 0.5) is 21.5 Å². The predicted octanol–water partition coefficient (Wildman–Crippen LogP) is 4.92. The molecule has 174 valence electrons. The molecule has 0 atom stereocenters. The number of hydrogen-bond acceptors (Lipinski definition) is 9. The van der Waals surface area contributed by atoms with E-state index < -0.39 is 33.0 Å². The number of carbonyl (C=O) groups is 1. The first-order valence-electron chi connectivity index (χ1n) is 10.1. The van der Waals surface area contributed by atoms with Crippen molar-refractivity contribution >= 4 is 28.7 Å². The minimum absolute atomic E-state index is 0.0210. The first-order chi connectivity index (χ1) is 16.2. The number of anilines is 1. The second-order valence-corrected chi connectivity index (χ2v) is 7.44. The van der Waals surface area contributed by atoms with E-state index in [1.807, 2.05) is 0 Å². The number of rotatable bonds is 6. The van der Waals surface area contributed by atoms with E-state index in [0.717, 1.165) is 24.3 Å². The van der Waals surface area contributed by atoms with Crippen molar-refractivity contribution in [1.82, 2.24) is 0 Å². The van der Waals surface area contributed by atoms with Gasteiger partial charge in [0.05, 0.1) is 21.6 Å². The van der Waals surface area contributed by atoms with E-state index in [4.69, 9.17) is 9.15 Å². The van der Waals surface area contributed by atoms with Crippen molar-refractivity contribution in [3.05, 3.63) is 91.2 Å². The van der Waals surface area contributed by atoms with E-state index in [0.29, 0.717) is 41.9 Å². The second kappa shape index (κ2) is 9.10. The molecule has 1 aromatic heterocycles. The third-order valence-electron chi connectivity index (χ3n) is 5.24. The summed E-state index contributed by atoms with van der Waals surface area (Å²) >= 11 is 0. The zero-order valence-electron chi connectivity index (χ0n) is 17.7. The molecule has 0 spiro atoms. The highest BCUT2D eigenvalue weighted by Crippen LogP contribution is 2.32. The normalized spacial score (nSPS) is 13.9. The molecule has 0 fully saturated rings. The molecule has 0 saturated heterocycles. The number of carbonyl (C=O) groups excluding carboxylic acids is 1. The van der Waals surface area contributed by atoms with Gasteiger partial charge in [0.2, 0.25) is 5.76 Å². The van der Waals surface area contributed by atoms with Crippen LogP contribution >= 0.6 is 0 Å². The van der Waals surface area contributed by atoms with Crippen LogP contribution in [0.2, 0.25) is 0 Å². The molecule has 0 saturated carbocycles. The van der Waals surface area contributed by atoms with Gasteiger partial charge in [0.1, 0.15) is 23.0 Å². The van der Waals surface area contributed by atoms with Gasteiger partial charge in [-0.3, -0.25) is 25.7 Å². The maximum Gasteiger partial charge on any atom is 0.379 e. The highest BCUT2D eigenvalue weighted by Gasteiger charge is 2.29. The molecule has 0 radical (unpaired) electrons. The van der Waals surface area contributed by atoms with Gasteiger partial charge >= 0.3 is 11.7 Å². The van der Waals surface area contributed by atoms with Crippen LogP contribution in [-0.4, -0.2) is 21.5 Å². The number of nitro groups is 2. The molecule has 2 aromatic carbocycles. The number of hydrogen-bond donors (Lipinski definition) is 1. The summed E-state index contributed by atoms with van der Waals surface area (Å²) in [5, 5.41) is 26.6. The monoisotopic (exact) mass is 468 g/mol. The Bertz CT molecular complexity index is 1330. The van der Waals surface area contributed by atoms with Crippen LogP contribution in [0.3, 0.4) is 0 Å². The van der Waals surface area contributed by atoms with Gasteiger partial charge in [-0.2, -0.15) is 5.10 Å². The molecule has 34 heavy (non-hydrogen) atoms. The number of aryl methyl sites for hydroxylation is 1. The molecule has 1 aliphatic carbocycles. The minimum atomic E-state index is -0.753. The van der Waals surface area contributed by atoms with Gasteiger partial charge < -0.3 is 9.15 Å². The highest BCUT2D eigenvalue weighted by molar-refractivity contribution is 6.06. The Balaban J connectivity index is 1.62. The van der Waals surface area contributed by atoms with Crippen molar-refractivity contribution in [2.75, 3.05) is 5.43 Å². The SMILES string of the molecule is Cc1c(C(=O)Oc2ccc(F)cc2)oc2c1/C(=N/Nc1ccc([N+](=O)[O-])cc1[N+](=O)[O-])CCC2. The quantitative estimate of drug-likeness (QED) is 0.232. The van der Waals surface area contributed by atoms with E-state index in [-0.39, 0.29) is 17.2 Å². The summed E-state index contributed by atoms with van der Waals surface area (Å²) in [7, 11) is 0. The predicted molar refractivity (Wildman–Crippen MR) is 118 cm³/mol. The van der Waals surface area contributed by atoms with Gasteiger partial charge in [0.25, 0.3) is 5.69 Å². The lowest BCUT2D eigenvalue weighted by atomic mass is 9.93. The van der Waals surface area contributed by atoms with Gasteiger partial charge in [0.15, 0.2) is 0 Å². The van der Waals surface area contributed by atoms with Crippen LogP contribution in [0.5, 0.6) is 5.75 Å². The number of fused-ring (bicyclic) bond motifs is 1. The van der Waals surface area contributed by atoms with Crippen molar-refractivity contribution in [2.45, 2.75) is 26.2 Å². The minimum Gasteiger partial charge on any atom is -0.453 e. The standard InChI is InChI=1S/C22H17FN4O7/c1-12-20-17(25-24-16-10-7-14(26(29)30)11-18(16)27(31)32)3-2-4-19(20)34-21(12)22(28)33-15-8-5-13(23)6-9-15/h5-11,24H,2-4H2,1H3/b25-17+. The Labute approximate surface area is 191 Å². The highest BCUT2D eigenvalue weighted by atomic mass is 19.1. The molecular weight excluding hydrogens is 451 g/mol. The van der Waals surface area contributed by atoms with E-state index >= 15 is 0 Å². The van der Waals surface area contributed by atoms with Gasteiger partial charge in [-0.1, -0.05) is 0 Å². The Morgan fingerprint density at radius 2 is 1.85 bits per heavy atom. The summed E-state index contributed by atoms with van der Waals surface area (Å²) in [6, 6.07) is 8.15. The number of nitrogens with zero attached hydrogens (tertiary/aromatic N) is 3. The third-order valence-corrected chi connectivity index (χ3v) is 5.24. The molecule has 12 heteroatoms. The number of furan rings is 1. The number of halogens is 1. The van der Waals surface area contributed by atoms with Crippen molar-refractivity contribution in [3.8, 4) is 5.75 Å². The van der Waals surface area contributed by atoms with E-state index in [1.54, 1.807) is 6.92 Å². The van der Waals surface area contributed by atoms with E-state index in [9.17, 15) is 29.4 Å². The first kappa shape index (κ1) is 22.6. The summed E-state index contributed by atoms with van der Waals surface area (Å²) in [5.41, 5.74) is 3.27. The molecule has 0 amide bonds. The topological polar surface area (TPSA) is 150 Å². The Morgan fingerprint density at radius 3 is 2.53 bits per heavy atom. The van der Waals surface area contributed by atoms with Gasteiger partial charge in [0, 0.05) is 23.6 Å². The van der Waals surface area contributed by atoms with Gasteiger partial charge in [-0.05, 0) is 50.1 Å². The average Bonchev–Trinajstić information content (AvgIpc) is 3.16. The third kappa shape index (κ3) is 4.46. The first-order valence-corrected chi connectivity index (χ1v) is 10.1. The molecule has 11 nitrogen and oxygen atoms in total. The van der Waals surface area contributed by atoms with Crippen LogP contribution in [0.15, 0.2) is 52.0 Å². The van der Waals surface area contributed by atoms with Crippen molar-refractivity contribution in [3.63, 3.8) is 0 Å². The van der Waals surface area contributed by atoms with Crippen molar-refractivity contribution < 1.29 is 28.2 Å². The smallest absolute Gasteiger partial charge is 0.379 e. The van der Waals surface area contributed by atoms with Crippen LogP contribution in [-0.2, 0) is 6.42 Å². The largest absolute Gasteiger partial charge is 0.453 e. The lowest BCUT2D eigenvalue weighted by Crippen LogP contribution is -2.14. The number of esters is 1. The summed E-state index contributed by atoms with van der Waals surface area (Å²) in [4.78, 5) is 33.4. The summed E-state index contributed by atoms with van der Waals surface area (Å²) in [5.74, 6) is -0.567. The lowest BCUT2D eigenvalue weighted by Gasteiger charge is -2.13. The molecule has 1 N–H and O–H groups in total. The number of benzene rings is 2. The summed E-state index contributed by atoms with van der Waals surface area (Å²) in [6.45, 7) is 1.67. The zero-order valence-corrected chi connectivity index (χ0v) is 17.7. The number of hydrazone groups is 1. The van der Waals surface area contributed by atoms with E-state index in [2.05, 4.69) is 10.5 Å². The van der Waals surface area contributed by atoms with Crippen molar-refractivity contribution in [2.24, 2.45) is 5.10 Å². The fraction of sp³-hybridized carbons (Fsp3) is 0.182. The maximum atomic E-state index is 13.1. The van der Waals surface area contributed by atoms with Crippen molar-refractivity contribution in [1.29, 1.82) is 0 Å². The summed E-state index contributed by atoms with van der Waals surface area (Å²) in [6.07, 6.45) is 1.72. The Hall–Kier alpha value is -4.61. The molecule has 3 aromatic rings. The molecule has 0 bridgehead atoms. The van der Waals surface area contributed by atoms with Gasteiger partial charge in [-0.25, -0.2) is 9.18 Å². The van der Waals surface area contributed by atoms with Crippen LogP contribution in [0.25, 0.3) is 0 Å². The average molecular weight is 468 g/mol. The fourth-order valence-corrected chi connectivity index (χ4v) is 3.64. The Kier molecular flexibility index (Phi) is 6.04. The second-order valence-electron chi connectivity index (χ2n) is 7.44. The van der Waals surface area contributed by atoms with Gasteiger partial charge in [-0.15, -0.1) is 0 Å². The lowest BCUT2D eigenvalue weighted by molar-refractivity contribution is -0.393. The summed E-state index contributed by atoms with van der Waals surface area (Å²) < 4.78 is 24.1. The molecular formula is C22H17FN4O7. The maximum absolute atomic E-state index is 13.1. The number of non-ortho nitro benzene ring substituents is 1. The van der Waals surface area contributed by atoms with Crippen LogP contribution in [0.1, 0.15) is 40.3 Å². The van der Waals surface area contributed by atoms with Crippen LogP contribution in [0, 0.1) is 33.0 Å². The van der Waals surface area contributed by atoms with Crippen LogP contribution < -0.4 is 10.2 Å². The molecule has 1 heterocycles. The molecule has 1 aliphatic rings. The molecule has 0 unspecified atom stereocenters. The number of nitrogens with one attached hydrogen (secondary N) is 1. The zero-order chi connectivity index (χ0) is 24.4. The fourth-order valence-electron chi connectivity index (χ4n) is 3.64. The number of ether oxygens (including phenoxy) is 1. The number of nitro benzene ring substituents is 2. The Morgan fingerprint density at radius 1 is 1.12 bits per heavy atom. The molecule has 0 aliphatic heterocycles. The van der Waals surface area contributed by atoms with E-state index in [1.165, 1.54) is 18.2 Å².